The van der Waals surface area contributed by atoms with Crippen molar-refractivity contribution in [2.45, 2.75) is 13.6 Å². The molecule has 0 aliphatic carbocycles. The van der Waals surface area contributed by atoms with Crippen molar-refractivity contribution in [2.75, 3.05) is 10.3 Å². The predicted octanol–water partition coefficient (Wildman–Crippen LogP) is 2.79. The number of halogens is 1. The number of anilines is 3. The van der Waals surface area contributed by atoms with Crippen molar-refractivity contribution in [3.8, 4) is 0 Å². The Morgan fingerprint density at radius 1 is 1.45 bits per heavy atom. The van der Waals surface area contributed by atoms with Gasteiger partial charge in [0.25, 0.3) is 0 Å². The number of carbonyl (C=O) groups excluding carboxylic acids is 1. The van der Waals surface area contributed by atoms with E-state index in [1.165, 1.54) is 6.92 Å². The van der Waals surface area contributed by atoms with Gasteiger partial charge in [-0.25, -0.2) is 4.39 Å². The summed E-state index contributed by atoms with van der Waals surface area (Å²) >= 11 is 1.04. The number of aromatic nitrogens is 2. The number of hydrogen-bond donors (Lipinski definition) is 1. The molecule has 0 aliphatic rings. The van der Waals surface area contributed by atoms with Crippen LogP contribution >= 0.6 is 11.3 Å². The number of para-hydroxylation sites is 2. The van der Waals surface area contributed by atoms with Crippen LogP contribution in [0.4, 0.5) is 20.9 Å². The lowest BCUT2D eigenvalue weighted by molar-refractivity contribution is -0.116. The highest BCUT2D eigenvalue weighted by molar-refractivity contribution is 7.15. The van der Waals surface area contributed by atoms with Gasteiger partial charge in [0.15, 0.2) is 0 Å². The van der Waals surface area contributed by atoms with Gasteiger partial charge in [-0.1, -0.05) is 23.5 Å². The molecule has 0 aliphatic heterocycles. The number of alkyl halides is 1. The van der Waals surface area contributed by atoms with E-state index in [1.54, 1.807) is 24.3 Å². The summed E-state index contributed by atoms with van der Waals surface area (Å²) in [6, 6.07) is 6.58. The van der Waals surface area contributed by atoms with Crippen LogP contribution in [0.2, 0.25) is 0 Å². The maximum Gasteiger partial charge on any atom is 0.246 e. The molecule has 104 valence electrons. The average molecular weight is 295 g/mol. The zero-order valence-electron chi connectivity index (χ0n) is 10.4. The molecule has 1 heterocycles. The Morgan fingerprint density at radius 3 is 2.80 bits per heavy atom. The van der Waals surface area contributed by atoms with Crippen molar-refractivity contribution in [3.63, 3.8) is 0 Å². The van der Waals surface area contributed by atoms with Crippen molar-refractivity contribution in [1.82, 2.24) is 10.2 Å². The Balaban J connectivity index is 2.32. The zero-order chi connectivity index (χ0) is 14.5. The maximum atomic E-state index is 12.4. The van der Waals surface area contributed by atoms with Crippen LogP contribution < -0.4 is 10.3 Å². The first kappa shape index (κ1) is 14.0. The molecule has 0 unspecified atom stereocenters. The van der Waals surface area contributed by atoms with Gasteiger partial charge in [-0.05, 0) is 12.1 Å². The van der Waals surface area contributed by atoms with Crippen LogP contribution in [0.5, 0.6) is 0 Å². The molecule has 0 spiro atoms. The van der Waals surface area contributed by atoms with E-state index >= 15 is 0 Å². The second-order valence-electron chi connectivity index (χ2n) is 3.69. The van der Waals surface area contributed by atoms with Gasteiger partial charge in [0, 0.05) is 6.92 Å². The highest BCUT2D eigenvalue weighted by atomic mass is 32.1. The second kappa shape index (κ2) is 6.15. The van der Waals surface area contributed by atoms with Gasteiger partial charge in [-0.3, -0.25) is 4.79 Å². The highest BCUT2D eigenvalue weighted by Crippen LogP contribution is 2.30. The van der Waals surface area contributed by atoms with Crippen molar-refractivity contribution in [1.29, 1.82) is 0 Å². The van der Waals surface area contributed by atoms with Crippen LogP contribution in [-0.2, 0) is 11.5 Å². The van der Waals surface area contributed by atoms with Crippen molar-refractivity contribution in [3.05, 3.63) is 34.2 Å². The topological polar surface area (TPSA) is 87.5 Å². The van der Waals surface area contributed by atoms with Crippen molar-refractivity contribution >= 4 is 33.8 Å². The Labute approximate surface area is 117 Å². The molecule has 0 saturated carbocycles. The first-order chi connectivity index (χ1) is 9.65. The number of benzene rings is 1. The van der Waals surface area contributed by atoms with Crippen LogP contribution in [0.3, 0.4) is 0 Å². The molecule has 0 fully saturated rings. The molecule has 0 saturated heterocycles. The van der Waals surface area contributed by atoms with E-state index in [1.807, 2.05) is 0 Å². The molecule has 2 aromatic rings. The lowest BCUT2D eigenvalue weighted by Gasteiger charge is -2.15. The molecule has 9 heteroatoms. The summed E-state index contributed by atoms with van der Waals surface area (Å²) in [5.74, 6) is -0.518. The minimum absolute atomic E-state index is 0.238. The zero-order valence-corrected chi connectivity index (χ0v) is 11.2. The molecule has 1 amide bonds. The third-order valence-corrected chi connectivity index (χ3v) is 3.14. The van der Waals surface area contributed by atoms with Gasteiger partial charge < -0.3 is 5.32 Å². The van der Waals surface area contributed by atoms with E-state index in [9.17, 15) is 14.1 Å². The quantitative estimate of drug-likeness (QED) is 0.677. The molecule has 1 aromatic carbocycles. The Kier molecular flexibility index (Phi) is 4.31. The van der Waals surface area contributed by atoms with E-state index < -0.39 is 12.6 Å². The van der Waals surface area contributed by atoms with E-state index in [4.69, 9.17) is 0 Å². The third kappa shape index (κ3) is 2.94. The predicted molar refractivity (Wildman–Crippen MR) is 73.4 cm³/mol. The normalized spacial score (nSPS) is 10.1. The Morgan fingerprint density at radius 2 is 2.20 bits per heavy atom. The Hall–Kier alpha value is -2.42. The summed E-state index contributed by atoms with van der Waals surface area (Å²) in [6.45, 7) is 0.529. The van der Waals surface area contributed by atoms with Crippen LogP contribution in [0.15, 0.2) is 29.6 Å². The van der Waals surface area contributed by atoms with Gasteiger partial charge in [0.2, 0.25) is 11.0 Å². The number of nitroso groups, excluding NO2 is 1. The molecule has 0 radical (unpaired) electrons. The minimum atomic E-state index is -0.698. The number of rotatable bonds is 5. The molecule has 1 N–H and O–H groups in total. The van der Waals surface area contributed by atoms with Crippen molar-refractivity contribution < 1.29 is 9.18 Å². The monoisotopic (exact) mass is 295 g/mol. The van der Waals surface area contributed by atoms with Crippen LogP contribution in [0.25, 0.3) is 0 Å². The SMILES string of the molecule is CC(=O)N(N=O)c1ccccc1Nc1nnc(CF)s1. The molecular weight excluding hydrogens is 285 g/mol. The molecular formula is C11H10FN5O2S. The lowest BCUT2D eigenvalue weighted by atomic mass is 10.2. The van der Waals surface area contributed by atoms with Gasteiger partial charge in [0.05, 0.1) is 16.7 Å². The third-order valence-electron chi connectivity index (χ3n) is 2.33. The summed E-state index contributed by atoms with van der Waals surface area (Å²) in [4.78, 5) is 22.1. The van der Waals surface area contributed by atoms with Crippen LogP contribution in [0.1, 0.15) is 11.9 Å². The van der Waals surface area contributed by atoms with Crippen LogP contribution in [0, 0.1) is 4.91 Å². The highest BCUT2D eigenvalue weighted by Gasteiger charge is 2.16. The van der Waals surface area contributed by atoms with Crippen molar-refractivity contribution in [2.24, 2.45) is 5.29 Å². The number of nitrogens with one attached hydrogen (secondary N) is 1. The van der Waals surface area contributed by atoms with Crippen LogP contribution in [-0.4, -0.2) is 16.1 Å². The van der Waals surface area contributed by atoms with E-state index in [0.717, 1.165) is 16.3 Å². The fourth-order valence-corrected chi connectivity index (χ4v) is 2.11. The second-order valence-corrected chi connectivity index (χ2v) is 4.75. The summed E-state index contributed by atoms with van der Waals surface area (Å²) in [5, 5.41) is 14.3. The van der Waals surface area contributed by atoms with Gasteiger partial charge >= 0.3 is 0 Å². The number of amides is 1. The molecule has 1 aromatic heterocycles. The van der Waals surface area contributed by atoms with E-state index in [2.05, 4.69) is 20.8 Å². The van der Waals surface area contributed by atoms with E-state index in [0.29, 0.717) is 10.8 Å². The summed E-state index contributed by atoms with van der Waals surface area (Å²) in [5.41, 5.74) is 0.732. The van der Waals surface area contributed by atoms with Gasteiger partial charge in [-0.15, -0.1) is 15.1 Å². The minimum Gasteiger partial charge on any atom is -0.328 e. The molecule has 0 bridgehead atoms. The average Bonchev–Trinajstić information content (AvgIpc) is 2.89. The number of carbonyl (C=O) groups is 1. The lowest BCUT2D eigenvalue weighted by Crippen LogP contribution is -2.22. The molecule has 20 heavy (non-hydrogen) atoms. The first-order valence-corrected chi connectivity index (χ1v) is 6.35. The van der Waals surface area contributed by atoms with Gasteiger partial charge in [-0.2, -0.15) is 5.01 Å². The standard InChI is InChI=1S/C11H10FN5O2S/c1-7(18)17(16-19)9-5-3-2-4-8(9)13-11-15-14-10(6-12)20-11/h2-5H,6H2,1H3,(H,13,15). The molecule has 7 nitrogen and oxygen atoms in total. The number of hydrogen-bond acceptors (Lipinski definition) is 7. The molecule has 2 rings (SSSR count). The number of nitrogens with zero attached hydrogens (tertiary/aromatic N) is 4. The summed E-state index contributed by atoms with van der Waals surface area (Å²) in [6.07, 6.45) is 0. The summed E-state index contributed by atoms with van der Waals surface area (Å²) < 4.78 is 12.4. The maximum absolute atomic E-state index is 12.4. The molecule has 0 atom stereocenters. The fourth-order valence-electron chi connectivity index (χ4n) is 1.51. The van der Waals surface area contributed by atoms with Gasteiger partial charge in [0.1, 0.15) is 11.7 Å². The largest absolute Gasteiger partial charge is 0.328 e. The first-order valence-electron chi connectivity index (χ1n) is 5.54. The smallest absolute Gasteiger partial charge is 0.246 e. The fraction of sp³-hybridized carbons (Fsp3) is 0.182. The van der Waals surface area contributed by atoms with E-state index in [-0.39, 0.29) is 10.7 Å². The summed E-state index contributed by atoms with van der Waals surface area (Å²) in [7, 11) is 0. The Bertz CT molecular complexity index is 633.